The van der Waals surface area contributed by atoms with Crippen molar-refractivity contribution in [3.63, 3.8) is 0 Å². The number of nitrogens with one attached hydrogen (secondary N) is 1. The van der Waals surface area contributed by atoms with E-state index < -0.39 is 0 Å². The van der Waals surface area contributed by atoms with Crippen LogP contribution in [-0.4, -0.2) is 31.3 Å². The van der Waals surface area contributed by atoms with Crippen molar-refractivity contribution in [2.24, 2.45) is 0 Å². The molecule has 0 spiro atoms. The molecule has 2 aromatic heterocycles. The molecule has 0 bridgehead atoms. The van der Waals surface area contributed by atoms with Crippen LogP contribution in [0.4, 0.5) is 5.82 Å². The lowest BCUT2D eigenvalue weighted by atomic mass is 9.86. The Labute approximate surface area is 145 Å². The van der Waals surface area contributed by atoms with Gasteiger partial charge in [0.15, 0.2) is 5.65 Å². The van der Waals surface area contributed by atoms with Gasteiger partial charge < -0.3 is 5.32 Å². The van der Waals surface area contributed by atoms with E-state index in [2.05, 4.69) is 81.4 Å². The summed E-state index contributed by atoms with van der Waals surface area (Å²) in [7, 11) is 0. The van der Waals surface area contributed by atoms with E-state index in [1.54, 1.807) is 0 Å². The summed E-state index contributed by atoms with van der Waals surface area (Å²) < 4.78 is 1.43. The fraction of sp³-hybridized carbons (Fsp3) is 0.158. The molecule has 0 saturated heterocycles. The summed E-state index contributed by atoms with van der Waals surface area (Å²) in [5, 5.41) is 19.3. The van der Waals surface area contributed by atoms with Crippen LogP contribution in [0.1, 0.15) is 24.0 Å². The van der Waals surface area contributed by atoms with Crippen molar-refractivity contribution < 1.29 is 0 Å². The number of anilines is 1. The Bertz CT molecular complexity index is 912. The molecule has 124 valence electrons. The molecule has 4 rings (SSSR count). The van der Waals surface area contributed by atoms with E-state index in [0.29, 0.717) is 5.65 Å². The van der Waals surface area contributed by atoms with Gasteiger partial charge in [0.25, 0.3) is 0 Å². The van der Waals surface area contributed by atoms with Crippen LogP contribution in [0.25, 0.3) is 5.65 Å². The second kappa shape index (κ2) is 6.68. The van der Waals surface area contributed by atoms with Crippen molar-refractivity contribution in [2.45, 2.75) is 18.9 Å². The number of nitrogens with zero attached hydrogens (tertiary/aromatic N) is 5. The molecular weight excluding hydrogens is 312 g/mol. The summed E-state index contributed by atoms with van der Waals surface area (Å²) in [6, 6.07) is 24.9. The predicted molar refractivity (Wildman–Crippen MR) is 96.4 cm³/mol. The highest BCUT2D eigenvalue weighted by Crippen LogP contribution is 2.29. The SMILES string of the molecule is CC(Nc1ccc2nnnn2n1)C(c1ccccc1)c1ccccc1. The number of fused-ring (bicyclic) bond motifs is 1. The molecule has 25 heavy (non-hydrogen) atoms. The lowest BCUT2D eigenvalue weighted by Crippen LogP contribution is -2.26. The van der Waals surface area contributed by atoms with Gasteiger partial charge in [-0.1, -0.05) is 60.7 Å². The highest BCUT2D eigenvalue weighted by molar-refractivity contribution is 5.45. The van der Waals surface area contributed by atoms with Gasteiger partial charge in [0.2, 0.25) is 0 Å². The smallest absolute Gasteiger partial charge is 0.200 e. The summed E-state index contributed by atoms with van der Waals surface area (Å²) in [5.41, 5.74) is 3.15. The first-order chi connectivity index (χ1) is 12.3. The molecule has 0 fully saturated rings. The highest BCUT2D eigenvalue weighted by Gasteiger charge is 2.21. The van der Waals surface area contributed by atoms with Crippen LogP contribution in [0, 0.1) is 0 Å². The van der Waals surface area contributed by atoms with Gasteiger partial charge in [-0.15, -0.1) is 14.8 Å². The van der Waals surface area contributed by atoms with Crippen molar-refractivity contribution >= 4 is 11.5 Å². The molecule has 2 heterocycles. The Morgan fingerprint density at radius 3 is 2.12 bits per heavy atom. The maximum atomic E-state index is 4.41. The summed E-state index contributed by atoms with van der Waals surface area (Å²) in [6.07, 6.45) is 0. The first kappa shape index (κ1) is 15.3. The minimum atomic E-state index is 0.131. The lowest BCUT2D eigenvalue weighted by Gasteiger charge is -2.26. The third-order valence-electron chi connectivity index (χ3n) is 4.26. The number of tetrazole rings is 1. The van der Waals surface area contributed by atoms with Crippen LogP contribution in [0.3, 0.4) is 0 Å². The molecule has 0 aliphatic rings. The van der Waals surface area contributed by atoms with Crippen molar-refractivity contribution in [3.05, 3.63) is 83.9 Å². The maximum Gasteiger partial charge on any atom is 0.200 e. The molecule has 1 N–H and O–H groups in total. The molecule has 0 aliphatic carbocycles. The molecule has 1 atom stereocenters. The van der Waals surface area contributed by atoms with Gasteiger partial charge in [0.05, 0.1) is 0 Å². The molecule has 1 unspecified atom stereocenters. The second-order valence-corrected chi connectivity index (χ2v) is 5.98. The standard InChI is InChI=1S/C19H18N6/c1-14(20-17-12-13-18-21-23-24-25(18)22-17)19(15-8-4-2-5-9-15)16-10-6-3-7-11-16/h2-14,19H,1H3,(H,20,22). The van der Waals surface area contributed by atoms with Crippen LogP contribution in [0.2, 0.25) is 0 Å². The highest BCUT2D eigenvalue weighted by atomic mass is 15.6. The van der Waals surface area contributed by atoms with Gasteiger partial charge >= 0.3 is 0 Å². The van der Waals surface area contributed by atoms with Crippen LogP contribution in [-0.2, 0) is 0 Å². The summed E-state index contributed by atoms with van der Waals surface area (Å²) in [6.45, 7) is 2.16. The first-order valence-corrected chi connectivity index (χ1v) is 8.23. The van der Waals surface area contributed by atoms with Gasteiger partial charge in [-0.05, 0) is 40.6 Å². The molecule has 0 radical (unpaired) electrons. The van der Waals surface area contributed by atoms with E-state index >= 15 is 0 Å². The van der Waals surface area contributed by atoms with Crippen LogP contribution < -0.4 is 5.32 Å². The van der Waals surface area contributed by atoms with Gasteiger partial charge in [0.1, 0.15) is 5.82 Å². The Morgan fingerprint density at radius 1 is 0.840 bits per heavy atom. The molecule has 6 heteroatoms. The normalized spacial score (nSPS) is 12.4. The van der Waals surface area contributed by atoms with E-state index in [1.807, 2.05) is 24.3 Å². The average Bonchev–Trinajstić information content (AvgIpc) is 3.11. The zero-order valence-corrected chi connectivity index (χ0v) is 13.8. The Morgan fingerprint density at radius 2 is 1.48 bits per heavy atom. The van der Waals surface area contributed by atoms with Crippen molar-refractivity contribution in [1.29, 1.82) is 0 Å². The zero-order valence-electron chi connectivity index (χ0n) is 13.8. The first-order valence-electron chi connectivity index (χ1n) is 8.23. The lowest BCUT2D eigenvalue weighted by molar-refractivity contribution is 0.670. The van der Waals surface area contributed by atoms with E-state index in [0.717, 1.165) is 5.82 Å². The number of hydrogen-bond acceptors (Lipinski definition) is 5. The van der Waals surface area contributed by atoms with E-state index in [1.165, 1.54) is 15.8 Å². The molecule has 0 aliphatic heterocycles. The molecule has 0 amide bonds. The fourth-order valence-corrected chi connectivity index (χ4v) is 3.13. The van der Waals surface area contributed by atoms with Crippen molar-refractivity contribution in [3.8, 4) is 0 Å². The summed E-state index contributed by atoms with van der Waals surface area (Å²) in [4.78, 5) is 0. The Balaban J connectivity index is 1.66. The quantitative estimate of drug-likeness (QED) is 0.609. The predicted octanol–water partition coefficient (Wildman–Crippen LogP) is 3.15. The molecule has 0 saturated carbocycles. The van der Waals surface area contributed by atoms with Gasteiger partial charge in [0, 0.05) is 12.0 Å². The minimum Gasteiger partial charge on any atom is -0.365 e. The molecule has 6 nitrogen and oxygen atoms in total. The molecular formula is C19H18N6. The van der Waals surface area contributed by atoms with E-state index in [4.69, 9.17) is 0 Å². The summed E-state index contributed by atoms with van der Waals surface area (Å²) in [5.74, 6) is 0.943. The van der Waals surface area contributed by atoms with Gasteiger partial charge in [-0.25, -0.2) is 0 Å². The summed E-state index contributed by atoms with van der Waals surface area (Å²) >= 11 is 0. The number of benzene rings is 2. The topological polar surface area (TPSA) is 68.0 Å². The zero-order chi connectivity index (χ0) is 17.1. The number of rotatable bonds is 5. The third-order valence-corrected chi connectivity index (χ3v) is 4.26. The average molecular weight is 330 g/mol. The van der Waals surface area contributed by atoms with Crippen molar-refractivity contribution in [2.75, 3.05) is 5.32 Å². The maximum absolute atomic E-state index is 4.41. The number of aromatic nitrogens is 5. The van der Waals surface area contributed by atoms with E-state index in [9.17, 15) is 0 Å². The van der Waals surface area contributed by atoms with Gasteiger partial charge in [-0.2, -0.15) is 0 Å². The van der Waals surface area contributed by atoms with Crippen LogP contribution in [0.5, 0.6) is 0 Å². The monoisotopic (exact) mass is 330 g/mol. The fourth-order valence-electron chi connectivity index (χ4n) is 3.13. The minimum absolute atomic E-state index is 0.131. The molecule has 4 aromatic rings. The van der Waals surface area contributed by atoms with Crippen LogP contribution in [0.15, 0.2) is 72.8 Å². The van der Waals surface area contributed by atoms with Crippen molar-refractivity contribution in [1.82, 2.24) is 25.3 Å². The second-order valence-electron chi connectivity index (χ2n) is 5.98. The Hall–Kier alpha value is -3.28. The third kappa shape index (κ3) is 3.19. The largest absolute Gasteiger partial charge is 0.365 e. The van der Waals surface area contributed by atoms with Gasteiger partial charge in [-0.3, -0.25) is 0 Å². The van der Waals surface area contributed by atoms with E-state index in [-0.39, 0.29) is 12.0 Å². The Kier molecular flexibility index (Phi) is 4.08. The van der Waals surface area contributed by atoms with Crippen LogP contribution >= 0.6 is 0 Å². The molecule has 2 aromatic carbocycles. The number of hydrogen-bond donors (Lipinski definition) is 1.